The van der Waals surface area contributed by atoms with Gasteiger partial charge in [0.25, 0.3) is 0 Å². The summed E-state index contributed by atoms with van der Waals surface area (Å²) in [7, 11) is -1.41. The van der Waals surface area contributed by atoms with Crippen LogP contribution in [0.15, 0.2) is 12.1 Å². The lowest BCUT2D eigenvalue weighted by Gasteiger charge is -2.25. The molecule has 0 heterocycles. The Morgan fingerprint density at radius 1 is 0.724 bits per heavy atom. The van der Waals surface area contributed by atoms with Crippen molar-refractivity contribution in [2.24, 2.45) is 0 Å². The molecule has 0 bridgehead atoms. The van der Waals surface area contributed by atoms with Gasteiger partial charge in [0.15, 0.2) is 0 Å². The van der Waals surface area contributed by atoms with E-state index in [2.05, 4.69) is 60.6 Å². The second kappa shape index (κ2) is 15.2. The fraction of sp³-hybridized carbons (Fsp3) is 0.760. The highest BCUT2D eigenvalue weighted by Crippen LogP contribution is 2.46. The Hall–Kier alpha value is -0.630. The Bertz CT molecular complexity index is 518. The fourth-order valence-electron chi connectivity index (χ4n) is 3.57. The third-order valence-electron chi connectivity index (χ3n) is 5.23. The van der Waals surface area contributed by atoms with Gasteiger partial charge in [0.05, 0.1) is 12.2 Å². The van der Waals surface area contributed by atoms with Crippen LogP contribution in [-0.2, 0) is 9.05 Å². The SMILES string of the molecule is CCCCCCC(C)OP(Oc1c(C)cc(C)cc1C)OC(C)CCCCCC. The van der Waals surface area contributed by atoms with E-state index in [1.807, 2.05) is 0 Å². The van der Waals surface area contributed by atoms with E-state index in [9.17, 15) is 0 Å². The average Bonchev–Trinajstić information content (AvgIpc) is 2.65. The van der Waals surface area contributed by atoms with E-state index in [-0.39, 0.29) is 12.2 Å². The van der Waals surface area contributed by atoms with E-state index in [0.717, 1.165) is 29.7 Å². The number of aryl methyl sites for hydroxylation is 3. The minimum Gasteiger partial charge on any atom is -0.426 e. The van der Waals surface area contributed by atoms with Crippen molar-refractivity contribution < 1.29 is 13.6 Å². The molecule has 0 aliphatic rings. The lowest BCUT2D eigenvalue weighted by atomic mass is 10.1. The number of unbranched alkanes of at least 4 members (excludes halogenated alkanes) is 6. The molecule has 0 saturated heterocycles. The molecule has 4 heteroatoms. The minimum atomic E-state index is -1.41. The van der Waals surface area contributed by atoms with Crippen LogP contribution in [0.4, 0.5) is 0 Å². The molecule has 0 radical (unpaired) electrons. The third-order valence-corrected chi connectivity index (χ3v) is 6.63. The van der Waals surface area contributed by atoms with Crippen molar-refractivity contribution in [3.8, 4) is 5.75 Å². The summed E-state index contributed by atoms with van der Waals surface area (Å²) in [6.45, 7) is 15.1. The van der Waals surface area contributed by atoms with Gasteiger partial charge in [0, 0.05) is 0 Å². The Balaban J connectivity index is 2.72. The highest BCUT2D eigenvalue weighted by atomic mass is 31.2. The first kappa shape index (κ1) is 26.4. The molecule has 0 fully saturated rings. The lowest BCUT2D eigenvalue weighted by molar-refractivity contribution is 0.117. The Labute approximate surface area is 181 Å². The van der Waals surface area contributed by atoms with Gasteiger partial charge in [-0.1, -0.05) is 82.9 Å². The van der Waals surface area contributed by atoms with Crippen LogP contribution in [0.3, 0.4) is 0 Å². The Morgan fingerprint density at radius 3 is 1.59 bits per heavy atom. The molecule has 1 aromatic rings. The van der Waals surface area contributed by atoms with E-state index in [4.69, 9.17) is 13.6 Å². The molecular formula is C25H45O3P. The molecule has 0 amide bonds. The maximum Gasteiger partial charge on any atom is 0.397 e. The van der Waals surface area contributed by atoms with Crippen LogP contribution in [-0.4, -0.2) is 12.2 Å². The van der Waals surface area contributed by atoms with Crippen molar-refractivity contribution in [2.75, 3.05) is 0 Å². The first-order valence-electron chi connectivity index (χ1n) is 11.8. The largest absolute Gasteiger partial charge is 0.426 e. The Morgan fingerprint density at radius 2 is 1.17 bits per heavy atom. The molecule has 0 aromatic heterocycles. The van der Waals surface area contributed by atoms with E-state index in [1.165, 1.54) is 56.9 Å². The molecule has 0 aliphatic carbocycles. The quantitative estimate of drug-likeness (QED) is 0.196. The Kier molecular flexibility index (Phi) is 13.9. The molecule has 1 rings (SSSR count). The molecule has 2 atom stereocenters. The van der Waals surface area contributed by atoms with Crippen LogP contribution >= 0.6 is 8.60 Å². The molecule has 0 aliphatic heterocycles. The summed E-state index contributed by atoms with van der Waals surface area (Å²) in [5.74, 6) is 0.915. The third kappa shape index (κ3) is 11.4. The van der Waals surface area contributed by atoms with Gasteiger partial charge in [-0.05, 0) is 58.6 Å². The van der Waals surface area contributed by atoms with Crippen molar-refractivity contribution in [3.63, 3.8) is 0 Å². The molecule has 0 spiro atoms. The lowest BCUT2D eigenvalue weighted by Crippen LogP contribution is -2.13. The van der Waals surface area contributed by atoms with Crippen LogP contribution in [0.2, 0.25) is 0 Å². The van der Waals surface area contributed by atoms with Gasteiger partial charge in [-0.25, -0.2) is 0 Å². The van der Waals surface area contributed by atoms with Crippen molar-refractivity contribution in [1.82, 2.24) is 0 Å². The predicted octanol–water partition coefficient (Wildman–Crippen LogP) is 8.97. The van der Waals surface area contributed by atoms with E-state index < -0.39 is 8.60 Å². The molecule has 1 aromatic carbocycles. The summed E-state index contributed by atoms with van der Waals surface area (Å²) in [6, 6.07) is 4.33. The molecule has 0 N–H and O–H groups in total. The summed E-state index contributed by atoms with van der Waals surface area (Å²) >= 11 is 0. The van der Waals surface area contributed by atoms with Gasteiger partial charge in [0.1, 0.15) is 5.75 Å². The zero-order valence-electron chi connectivity index (χ0n) is 20.1. The second-order valence-corrected chi connectivity index (χ2v) is 9.62. The normalized spacial score (nSPS) is 14.6. The maximum atomic E-state index is 6.35. The van der Waals surface area contributed by atoms with Crippen LogP contribution in [0, 0.1) is 20.8 Å². The zero-order chi connectivity index (χ0) is 21.6. The zero-order valence-corrected chi connectivity index (χ0v) is 20.9. The molecule has 3 nitrogen and oxygen atoms in total. The molecule has 2 unspecified atom stereocenters. The van der Waals surface area contributed by atoms with Gasteiger partial charge in [-0.2, -0.15) is 0 Å². The van der Waals surface area contributed by atoms with Gasteiger partial charge in [-0.3, -0.25) is 9.05 Å². The minimum absolute atomic E-state index is 0.149. The number of benzene rings is 1. The van der Waals surface area contributed by atoms with Gasteiger partial charge in [0.2, 0.25) is 0 Å². The van der Waals surface area contributed by atoms with Crippen LogP contribution in [0.5, 0.6) is 5.75 Å². The van der Waals surface area contributed by atoms with Gasteiger partial charge >= 0.3 is 8.60 Å². The molecule has 168 valence electrons. The van der Waals surface area contributed by atoms with Crippen molar-refractivity contribution >= 4 is 8.60 Å². The van der Waals surface area contributed by atoms with Crippen LogP contribution in [0.1, 0.15) is 109 Å². The van der Waals surface area contributed by atoms with Gasteiger partial charge in [-0.15, -0.1) is 0 Å². The summed E-state index contributed by atoms with van der Waals surface area (Å²) in [5.41, 5.74) is 3.55. The summed E-state index contributed by atoms with van der Waals surface area (Å²) in [6.07, 6.45) is 12.5. The van der Waals surface area contributed by atoms with Crippen LogP contribution < -0.4 is 4.52 Å². The number of hydrogen-bond acceptors (Lipinski definition) is 3. The standard InChI is InChI=1S/C25H45O3P/c1-8-10-12-14-16-23(6)26-29(27-24(7)17-15-13-11-9-2)28-25-21(4)18-20(3)19-22(25)5/h18-19,23-24H,8-17H2,1-7H3. The molecule has 29 heavy (non-hydrogen) atoms. The van der Waals surface area contributed by atoms with E-state index in [0.29, 0.717) is 0 Å². The predicted molar refractivity (Wildman–Crippen MR) is 127 cm³/mol. The van der Waals surface area contributed by atoms with E-state index in [1.54, 1.807) is 0 Å². The average molecular weight is 425 g/mol. The monoisotopic (exact) mass is 424 g/mol. The van der Waals surface area contributed by atoms with Crippen molar-refractivity contribution in [2.45, 2.75) is 125 Å². The molecule has 0 saturated carbocycles. The van der Waals surface area contributed by atoms with Crippen molar-refractivity contribution in [3.05, 3.63) is 28.8 Å². The van der Waals surface area contributed by atoms with E-state index >= 15 is 0 Å². The summed E-state index contributed by atoms with van der Waals surface area (Å²) in [5, 5.41) is 0. The molecular weight excluding hydrogens is 379 g/mol. The first-order chi connectivity index (χ1) is 13.9. The maximum absolute atomic E-state index is 6.35. The topological polar surface area (TPSA) is 27.7 Å². The summed E-state index contributed by atoms with van der Waals surface area (Å²) < 4.78 is 18.9. The number of rotatable bonds is 16. The fourth-order valence-corrected chi connectivity index (χ4v) is 4.94. The number of hydrogen-bond donors (Lipinski definition) is 0. The smallest absolute Gasteiger partial charge is 0.397 e. The second-order valence-electron chi connectivity index (χ2n) is 8.57. The van der Waals surface area contributed by atoms with Gasteiger partial charge < -0.3 is 4.52 Å². The highest BCUT2D eigenvalue weighted by Gasteiger charge is 2.23. The summed E-state index contributed by atoms with van der Waals surface area (Å²) in [4.78, 5) is 0. The first-order valence-corrected chi connectivity index (χ1v) is 12.9. The highest BCUT2D eigenvalue weighted by molar-refractivity contribution is 7.42. The van der Waals surface area contributed by atoms with Crippen LogP contribution in [0.25, 0.3) is 0 Å². The van der Waals surface area contributed by atoms with Crippen molar-refractivity contribution in [1.29, 1.82) is 0 Å².